The Hall–Kier alpha value is -4.50. The van der Waals surface area contributed by atoms with Crippen LogP contribution >= 0.6 is 11.3 Å². The van der Waals surface area contributed by atoms with E-state index in [0.717, 1.165) is 68.0 Å². The molecule has 1 radical (unpaired) electrons. The number of carbonyl (C=O) groups is 1. The van der Waals surface area contributed by atoms with E-state index >= 15 is 0 Å². The average Bonchev–Trinajstić information content (AvgIpc) is 3.89. The molecule has 231 valence electrons. The minimum Gasteiger partial charge on any atom is -0.465 e. The molecular formula is C38H34CoN4O2S+2. The Kier molecular flexibility index (Phi) is 9.49. The van der Waals surface area contributed by atoms with Gasteiger partial charge in [0.1, 0.15) is 0 Å². The van der Waals surface area contributed by atoms with Crippen LogP contribution in [-0.4, -0.2) is 33.0 Å². The van der Waals surface area contributed by atoms with Crippen molar-refractivity contribution in [1.82, 2.24) is 19.9 Å². The Morgan fingerprint density at radius 2 is 1.46 bits per heavy atom. The van der Waals surface area contributed by atoms with E-state index in [9.17, 15) is 4.79 Å². The van der Waals surface area contributed by atoms with Crippen molar-refractivity contribution in [1.29, 1.82) is 0 Å². The molecule has 0 spiro atoms. The predicted molar refractivity (Wildman–Crippen MR) is 187 cm³/mol. The topological polar surface area (TPSA) is 83.7 Å². The van der Waals surface area contributed by atoms with Crippen molar-refractivity contribution >= 4 is 63.7 Å². The summed E-state index contributed by atoms with van der Waals surface area (Å²) in [7, 11) is 1.40. The third kappa shape index (κ3) is 6.70. The average molecular weight is 670 g/mol. The molecule has 8 heteroatoms. The summed E-state index contributed by atoms with van der Waals surface area (Å²) in [6, 6.07) is 24.6. The fourth-order valence-corrected chi connectivity index (χ4v) is 6.94. The standard InChI is InChI=1S/C38H34N4O2S.Co/c1-3-4-5-6-7-32-17-19-35(45-32)33-23-31-22-29-15-14-27(40-29)20-26-12-13-28(39-26)21-30-16-18-34(41-30)36(37(33)42-31)24-8-10-25(11-9-24)38(43)44-2;/h8-23,39,42H,3-7H2,1-2H3;/q;+2. The van der Waals surface area contributed by atoms with Crippen LogP contribution < -0.4 is 0 Å². The van der Waals surface area contributed by atoms with Gasteiger partial charge >= 0.3 is 22.7 Å². The number of fused-ring (bicyclic) bond motifs is 8. The van der Waals surface area contributed by atoms with Crippen molar-refractivity contribution in [2.45, 2.75) is 39.0 Å². The van der Waals surface area contributed by atoms with E-state index in [0.29, 0.717) is 5.56 Å². The normalized spacial score (nSPS) is 11.9. The number of nitrogens with zero attached hydrogens (tertiary/aromatic N) is 2. The van der Waals surface area contributed by atoms with Gasteiger partial charge < -0.3 is 14.7 Å². The summed E-state index contributed by atoms with van der Waals surface area (Å²) in [5, 5.41) is 0. The Morgan fingerprint density at radius 1 is 0.761 bits per heavy atom. The zero-order valence-corrected chi connectivity index (χ0v) is 27.6. The number of rotatable bonds is 8. The predicted octanol–water partition coefficient (Wildman–Crippen LogP) is 9.96. The zero-order chi connectivity index (χ0) is 30.8. The number of hydrogen-bond donors (Lipinski definition) is 2. The molecule has 8 bridgehead atoms. The number of thiophene rings is 1. The third-order valence-corrected chi connectivity index (χ3v) is 9.31. The van der Waals surface area contributed by atoms with Crippen LogP contribution in [0.5, 0.6) is 0 Å². The number of aryl methyl sites for hydroxylation is 1. The number of benzene rings is 1. The summed E-state index contributed by atoms with van der Waals surface area (Å²) in [5.74, 6) is -0.362. The van der Waals surface area contributed by atoms with E-state index in [4.69, 9.17) is 14.7 Å². The number of esters is 1. The fraction of sp³-hybridized carbons (Fsp3) is 0.184. The maximum Gasteiger partial charge on any atom is 2.00 e. The SMILES string of the molecule is CCCCCCc1ccc(-c2cc3cc4nc(cc5ccc(cc6nc(c(-c7ccc(C(=O)OC)cc7)c2[nH]3)C=C6)[nH]5)C=C4)s1.[Co+2]. The Labute approximate surface area is 282 Å². The number of aromatic amines is 2. The Morgan fingerprint density at radius 3 is 2.17 bits per heavy atom. The quantitative estimate of drug-likeness (QED) is 0.125. The van der Waals surface area contributed by atoms with Gasteiger partial charge in [0.15, 0.2) is 0 Å². The maximum atomic E-state index is 12.3. The second-order valence-electron chi connectivity index (χ2n) is 11.4. The van der Waals surface area contributed by atoms with Crippen LogP contribution in [0.15, 0.2) is 72.8 Å². The number of ether oxygens (including phenoxy) is 1. The molecule has 5 aromatic rings. The number of methoxy groups -OCH3 is 1. The first kappa shape index (κ1) is 31.5. The molecule has 0 unspecified atom stereocenters. The number of carbonyl (C=O) groups excluding carboxylic acids is 1. The summed E-state index contributed by atoms with van der Waals surface area (Å²) >= 11 is 1.85. The molecule has 0 saturated heterocycles. The molecular weight excluding hydrogens is 635 g/mol. The first-order valence-corrected chi connectivity index (χ1v) is 16.3. The van der Waals surface area contributed by atoms with Crippen molar-refractivity contribution in [3.63, 3.8) is 0 Å². The molecule has 1 aromatic carbocycles. The van der Waals surface area contributed by atoms with Crippen LogP contribution in [0.25, 0.3) is 67.9 Å². The molecule has 0 atom stereocenters. The van der Waals surface area contributed by atoms with Crippen molar-refractivity contribution in [3.8, 4) is 21.6 Å². The van der Waals surface area contributed by atoms with E-state index in [1.165, 1.54) is 42.5 Å². The monoisotopic (exact) mass is 669 g/mol. The number of nitrogens with one attached hydrogen (secondary N) is 2. The van der Waals surface area contributed by atoms with Crippen molar-refractivity contribution in [3.05, 3.63) is 106 Å². The summed E-state index contributed by atoms with van der Waals surface area (Å²) in [6.45, 7) is 2.25. The molecule has 2 N–H and O–H groups in total. The zero-order valence-electron chi connectivity index (χ0n) is 25.7. The van der Waals surface area contributed by atoms with Gasteiger partial charge in [-0.1, -0.05) is 38.3 Å². The second-order valence-corrected chi connectivity index (χ2v) is 12.6. The summed E-state index contributed by atoms with van der Waals surface area (Å²) in [5.41, 5.74) is 10.9. The largest absolute Gasteiger partial charge is 2.00 e. The van der Waals surface area contributed by atoms with Gasteiger partial charge in [-0.2, -0.15) is 0 Å². The van der Waals surface area contributed by atoms with E-state index in [-0.39, 0.29) is 22.7 Å². The van der Waals surface area contributed by atoms with Gasteiger partial charge in [-0.3, -0.25) is 0 Å². The van der Waals surface area contributed by atoms with Crippen molar-refractivity contribution in [2.24, 2.45) is 0 Å². The Balaban J connectivity index is 0.00000372. The minimum atomic E-state index is -0.362. The van der Waals surface area contributed by atoms with Gasteiger partial charge in [0.25, 0.3) is 0 Å². The van der Waals surface area contributed by atoms with E-state index in [1.807, 2.05) is 66.0 Å². The van der Waals surface area contributed by atoms with Gasteiger partial charge in [-0.05, 0) is 103 Å². The third-order valence-electron chi connectivity index (χ3n) is 8.13. The van der Waals surface area contributed by atoms with Gasteiger partial charge in [-0.25, -0.2) is 14.8 Å². The number of unbranched alkanes of at least 4 members (excludes halogenated alkanes) is 3. The molecule has 46 heavy (non-hydrogen) atoms. The number of H-pyrrole nitrogens is 2. The molecule has 0 saturated carbocycles. The minimum absolute atomic E-state index is 0. The smallest absolute Gasteiger partial charge is 0.465 e. The summed E-state index contributed by atoms with van der Waals surface area (Å²) < 4.78 is 4.96. The summed E-state index contributed by atoms with van der Waals surface area (Å²) in [4.78, 5) is 32.0. The molecule has 0 amide bonds. The fourth-order valence-electron chi connectivity index (χ4n) is 5.87. The van der Waals surface area contributed by atoms with Crippen LogP contribution in [0.4, 0.5) is 0 Å². The molecule has 0 fully saturated rings. The first-order chi connectivity index (χ1) is 22.1. The molecule has 2 aliphatic rings. The molecule has 6 heterocycles. The van der Waals surface area contributed by atoms with Crippen LogP contribution in [0.2, 0.25) is 0 Å². The molecule has 0 aliphatic carbocycles. The van der Waals surface area contributed by atoms with E-state index < -0.39 is 0 Å². The van der Waals surface area contributed by atoms with E-state index in [2.05, 4.69) is 59.4 Å². The van der Waals surface area contributed by atoms with Gasteiger partial charge in [0, 0.05) is 37.4 Å². The van der Waals surface area contributed by atoms with Crippen molar-refractivity contribution < 1.29 is 26.3 Å². The Bertz CT molecular complexity index is 2120. The number of aromatic nitrogens is 4. The maximum absolute atomic E-state index is 12.3. The van der Waals surface area contributed by atoms with Crippen LogP contribution in [0.3, 0.4) is 0 Å². The second kappa shape index (κ2) is 13.9. The molecule has 2 aliphatic heterocycles. The van der Waals surface area contributed by atoms with Gasteiger partial charge in [-0.15, -0.1) is 11.3 Å². The van der Waals surface area contributed by atoms with Gasteiger partial charge in [0.05, 0.1) is 41.0 Å². The first-order valence-electron chi connectivity index (χ1n) is 15.5. The van der Waals surface area contributed by atoms with Gasteiger partial charge in [0.2, 0.25) is 0 Å². The van der Waals surface area contributed by atoms with Crippen LogP contribution in [0, 0.1) is 0 Å². The molecule has 7 rings (SSSR count). The van der Waals surface area contributed by atoms with Crippen LogP contribution in [-0.2, 0) is 27.9 Å². The summed E-state index contributed by atoms with van der Waals surface area (Å²) in [6.07, 6.45) is 14.3. The van der Waals surface area contributed by atoms with E-state index in [1.54, 1.807) is 0 Å². The molecule has 6 nitrogen and oxygen atoms in total. The van der Waals surface area contributed by atoms with Crippen molar-refractivity contribution in [2.75, 3.05) is 7.11 Å². The molecule has 4 aromatic heterocycles. The van der Waals surface area contributed by atoms with Crippen LogP contribution in [0.1, 0.15) is 70.6 Å². The number of hydrogen-bond acceptors (Lipinski definition) is 5.